The third-order valence-corrected chi connectivity index (χ3v) is 5.45. The van der Waals surface area contributed by atoms with Gasteiger partial charge in [0.1, 0.15) is 10.9 Å². The fourth-order valence-corrected chi connectivity index (χ4v) is 3.78. The fourth-order valence-electron chi connectivity index (χ4n) is 2.47. The molecule has 0 saturated carbocycles. The van der Waals surface area contributed by atoms with Crippen LogP contribution in [0.2, 0.25) is 0 Å². The number of carbonyl (C=O) groups excluding carboxylic acids is 3. The Morgan fingerprint density at radius 1 is 1.23 bits per heavy atom. The number of methoxy groups -OCH3 is 1. The van der Waals surface area contributed by atoms with Crippen molar-refractivity contribution >= 4 is 64.6 Å². The highest BCUT2D eigenvalue weighted by molar-refractivity contribution is 8.26. The molecule has 7 nitrogen and oxygen atoms in total. The van der Waals surface area contributed by atoms with Gasteiger partial charge in [0.2, 0.25) is 0 Å². The van der Waals surface area contributed by atoms with Crippen LogP contribution in [0.5, 0.6) is 0 Å². The molecule has 0 aliphatic carbocycles. The van der Waals surface area contributed by atoms with Crippen LogP contribution in [0.25, 0.3) is 6.08 Å². The van der Waals surface area contributed by atoms with Crippen molar-refractivity contribution in [3.63, 3.8) is 0 Å². The molecule has 0 N–H and O–H groups in total. The number of esters is 2. The van der Waals surface area contributed by atoms with Crippen LogP contribution in [0, 0.1) is 0 Å². The number of rotatable bonds is 9. The Morgan fingerprint density at radius 3 is 2.50 bits per heavy atom. The van der Waals surface area contributed by atoms with Gasteiger partial charge in [0.15, 0.2) is 0 Å². The van der Waals surface area contributed by atoms with Crippen LogP contribution in [0.4, 0.5) is 0 Å². The van der Waals surface area contributed by atoms with Crippen molar-refractivity contribution in [3.05, 3.63) is 40.3 Å². The summed E-state index contributed by atoms with van der Waals surface area (Å²) in [5.74, 6) is -0.875. The zero-order chi connectivity index (χ0) is 21.4. The zero-order valence-electron chi connectivity index (χ0n) is 17.1. The van der Waals surface area contributed by atoms with Crippen molar-refractivity contribution in [1.82, 2.24) is 9.80 Å². The molecule has 1 fully saturated rings. The number of halogens is 1. The Kier molecular flexibility index (Phi) is 11.0. The second-order valence-electron chi connectivity index (χ2n) is 6.57. The van der Waals surface area contributed by atoms with Gasteiger partial charge < -0.3 is 14.4 Å². The van der Waals surface area contributed by atoms with Crippen molar-refractivity contribution in [2.24, 2.45) is 0 Å². The largest absolute Gasteiger partial charge is 0.465 e. The fraction of sp³-hybridized carbons (Fsp3) is 0.400. The van der Waals surface area contributed by atoms with Crippen LogP contribution in [0.1, 0.15) is 28.8 Å². The van der Waals surface area contributed by atoms with Crippen LogP contribution in [-0.4, -0.2) is 72.9 Å². The quantitative estimate of drug-likeness (QED) is 0.308. The molecule has 1 aromatic rings. The normalized spacial score (nSPS) is 14.8. The summed E-state index contributed by atoms with van der Waals surface area (Å²) in [5, 5.41) is 0. The summed E-state index contributed by atoms with van der Waals surface area (Å²) < 4.78 is 10.3. The highest BCUT2D eigenvalue weighted by Gasteiger charge is 2.31. The molecule has 1 aliphatic rings. The average Bonchev–Trinajstić information content (AvgIpc) is 2.95. The van der Waals surface area contributed by atoms with Crippen molar-refractivity contribution in [1.29, 1.82) is 0 Å². The number of hydrogen-bond acceptors (Lipinski definition) is 8. The molecule has 1 saturated heterocycles. The van der Waals surface area contributed by atoms with Crippen LogP contribution in [-0.2, 0) is 19.1 Å². The van der Waals surface area contributed by atoms with Gasteiger partial charge >= 0.3 is 11.9 Å². The number of nitrogens with zero attached hydrogens (tertiary/aromatic N) is 2. The summed E-state index contributed by atoms with van der Waals surface area (Å²) >= 11 is 6.53. The van der Waals surface area contributed by atoms with E-state index in [0.717, 1.165) is 5.56 Å². The topological polar surface area (TPSA) is 76.2 Å². The van der Waals surface area contributed by atoms with E-state index in [4.69, 9.17) is 17.0 Å². The van der Waals surface area contributed by atoms with E-state index in [9.17, 15) is 14.4 Å². The van der Waals surface area contributed by atoms with E-state index in [1.165, 1.54) is 23.8 Å². The summed E-state index contributed by atoms with van der Waals surface area (Å²) in [6, 6.07) is 6.76. The van der Waals surface area contributed by atoms with E-state index >= 15 is 0 Å². The lowest BCUT2D eigenvalue weighted by Gasteiger charge is -2.14. The van der Waals surface area contributed by atoms with Crippen molar-refractivity contribution in [2.75, 3.05) is 40.9 Å². The SMILES string of the molecule is COC(=O)c1ccc(/C=C2\SC(=S)N(CCCC(=O)OCCN(C)C)C2=O)cc1.Cl. The third-order valence-electron chi connectivity index (χ3n) is 4.07. The molecule has 1 amide bonds. The first-order valence-corrected chi connectivity index (χ1v) is 10.3. The zero-order valence-corrected chi connectivity index (χ0v) is 19.5. The number of thiocarbonyl (C=S) groups is 1. The average molecular weight is 473 g/mol. The highest BCUT2D eigenvalue weighted by atomic mass is 35.5. The third kappa shape index (κ3) is 7.71. The number of benzene rings is 1. The first-order valence-electron chi connectivity index (χ1n) is 9.06. The Balaban J connectivity index is 0.00000450. The number of amides is 1. The van der Waals surface area contributed by atoms with Gasteiger partial charge in [0.05, 0.1) is 17.6 Å². The van der Waals surface area contributed by atoms with Crippen LogP contribution < -0.4 is 0 Å². The molecular weight excluding hydrogens is 448 g/mol. The van der Waals surface area contributed by atoms with E-state index in [0.29, 0.717) is 40.9 Å². The molecule has 164 valence electrons. The molecular formula is C20H25ClN2O5S2. The predicted molar refractivity (Wildman–Crippen MR) is 124 cm³/mol. The van der Waals surface area contributed by atoms with Gasteiger partial charge in [-0.05, 0) is 44.3 Å². The minimum absolute atomic E-state index is 0. The van der Waals surface area contributed by atoms with Gasteiger partial charge in [0, 0.05) is 19.5 Å². The summed E-state index contributed by atoms with van der Waals surface area (Å²) in [5.41, 5.74) is 1.22. The Labute approximate surface area is 192 Å². The van der Waals surface area contributed by atoms with Gasteiger partial charge in [-0.1, -0.05) is 36.1 Å². The number of ether oxygens (including phenoxy) is 2. The maximum Gasteiger partial charge on any atom is 0.337 e. The molecule has 0 spiro atoms. The van der Waals surface area contributed by atoms with E-state index in [2.05, 4.69) is 4.74 Å². The first kappa shape index (κ1) is 26.1. The lowest BCUT2D eigenvalue weighted by atomic mass is 10.1. The summed E-state index contributed by atoms with van der Waals surface area (Å²) in [6.45, 7) is 1.39. The van der Waals surface area contributed by atoms with Gasteiger partial charge in [-0.3, -0.25) is 14.5 Å². The second-order valence-corrected chi connectivity index (χ2v) is 8.25. The molecule has 0 aromatic heterocycles. The van der Waals surface area contributed by atoms with Gasteiger partial charge in [0.25, 0.3) is 5.91 Å². The number of thioether (sulfide) groups is 1. The van der Waals surface area contributed by atoms with E-state index < -0.39 is 5.97 Å². The molecule has 30 heavy (non-hydrogen) atoms. The Bertz CT molecular complexity index is 812. The molecule has 0 atom stereocenters. The smallest absolute Gasteiger partial charge is 0.337 e. The standard InChI is InChI=1S/C20H24N2O5S2.ClH/c1-21(2)11-12-27-17(23)5-4-10-22-18(24)16(29-20(22)28)13-14-6-8-15(9-7-14)19(25)26-3;/h6-9,13H,4-5,10-12H2,1-3H3;1H/b16-13-;. The van der Waals surface area contributed by atoms with Crippen LogP contribution in [0.15, 0.2) is 29.2 Å². The number of carbonyl (C=O) groups is 3. The molecule has 0 radical (unpaired) electrons. The predicted octanol–water partition coefficient (Wildman–Crippen LogP) is 2.98. The monoisotopic (exact) mass is 472 g/mol. The summed E-state index contributed by atoms with van der Waals surface area (Å²) in [7, 11) is 5.14. The molecule has 1 aromatic carbocycles. The highest BCUT2D eigenvalue weighted by Crippen LogP contribution is 2.32. The van der Waals surface area contributed by atoms with Crippen LogP contribution >= 0.6 is 36.4 Å². The Hall–Kier alpha value is -1.94. The van der Waals surface area contributed by atoms with Gasteiger partial charge in [-0.15, -0.1) is 12.4 Å². The van der Waals surface area contributed by atoms with Crippen molar-refractivity contribution in [2.45, 2.75) is 12.8 Å². The van der Waals surface area contributed by atoms with Crippen LogP contribution in [0.3, 0.4) is 0 Å². The van der Waals surface area contributed by atoms with E-state index in [1.54, 1.807) is 30.3 Å². The number of hydrogen-bond donors (Lipinski definition) is 0. The maximum atomic E-state index is 12.6. The molecule has 1 heterocycles. The lowest BCUT2D eigenvalue weighted by Crippen LogP contribution is -2.29. The van der Waals surface area contributed by atoms with E-state index in [1.807, 2.05) is 19.0 Å². The lowest BCUT2D eigenvalue weighted by molar-refractivity contribution is -0.144. The maximum absolute atomic E-state index is 12.6. The van der Waals surface area contributed by atoms with Crippen molar-refractivity contribution < 1.29 is 23.9 Å². The Morgan fingerprint density at radius 2 is 1.90 bits per heavy atom. The summed E-state index contributed by atoms with van der Waals surface area (Å²) in [4.78, 5) is 39.8. The summed E-state index contributed by atoms with van der Waals surface area (Å²) in [6.07, 6.45) is 2.45. The van der Waals surface area contributed by atoms with Crippen molar-refractivity contribution in [3.8, 4) is 0 Å². The first-order chi connectivity index (χ1) is 13.8. The minimum atomic E-state index is -0.414. The second kappa shape index (κ2) is 12.7. The van der Waals surface area contributed by atoms with Gasteiger partial charge in [-0.2, -0.15) is 0 Å². The van der Waals surface area contributed by atoms with Gasteiger partial charge in [-0.25, -0.2) is 4.79 Å². The molecule has 2 rings (SSSR count). The molecule has 1 aliphatic heterocycles. The van der Waals surface area contributed by atoms with E-state index in [-0.39, 0.29) is 30.7 Å². The minimum Gasteiger partial charge on any atom is -0.465 e. The molecule has 0 bridgehead atoms. The number of likely N-dealkylation sites (N-methyl/N-ethyl adjacent to an activating group) is 1. The molecule has 10 heteroatoms. The molecule has 0 unspecified atom stereocenters.